The summed E-state index contributed by atoms with van der Waals surface area (Å²) in [7, 11) is 0. The van der Waals surface area contributed by atoms with Gasteiger partial charge in [-0.1, -0.05) is 6.92 Å². The standard InChI is InChI=1S/C8H15FO/c1-6-3-4-10-8(5-6)7(2)9/h6-8H,3-5H2,1-2H3/t6-,7-,8+/m1/s1. The molecule has 0 radical (unpaired) electrons. The summed E-state index contributed by atoms with van der Waals surface area (Å²) in [5, 5.41) is 0. The van der Waals surface area contributed by atoms with Gasteiger partial charge in [-0.3, -0.25) is 0 Å². The Morgan fingerprint density at radius 3 is 2.70 bits per heavy atom. The Hall–Kier alpha value is -0.110. The minimum Gasteiger partial charge on any atom is -0.375 e. The fourth-order valence-electron chi connectivity index (χ4n) is 1.32. The summed E-state index contributed by atoms with van der Waals surface area (Å²) in [5.41, 5.74) is 0. The van der Waals surface area contributed by atoms with Gasteiger partial charge in [-0.25, -0.2) is 4.39 Å². The minimum absolute atomic E-state index is 0.135. The highest BCUT2D eigenvalue weighted by Crippen LogP contribution is 2.22. The Morgan fingerprint density at radius 1 is 1.60 bits per heavy atom. The first-order chi connectivity index (χ1) is 4.70. The van der Waals surface area contributed by atoms with Crippen LogP contribution in [0.3, 0.4) is 0 Å². The van der Waals surface area contributed by atoms with Gasteiger partial charge in [-0.15, -0.1) is 0 Å². The Morgan fingerprint density at radius 2 is 2.30 bits per heavy atom. The molecule has 1 heterocycles. The van der Waals surface area contributed by atoms with Crippen molar-refractivity contribution in [2.75, 3.05) is 6.61 Å². The lowest BCUT2D eigenvalue weighted by Crippen LogP contribution is -2.30. The van der Waals surface area contributed by atoms with Gasteiger partial charge >= 0.3 is 0 Å². The van der Waals surface area contributed by atoms with Crippen LogP contribution >= 0.6 is 0 Å². The fraction of sp³-hybridized carbons (Fsp3) is 1.00. The van der Waals surface area contributed by atoms with Crippen LogP contribution in [0.5, 0.6) is 0 Å². The van der Waals surface area contributed by atoms with Crippen molar-refractivity contribution >= 4 is 0 Å². The minimum atomic E-state index is -0.803. The van der Waals surface area contributed by atoms with Crippen molar-refractivity contribution in [3.63, 3.8) is 0 Å². The summed E-state index contributed by atoms with van der Waals surface area (Å²) >= 11 is 0. The van der Waals surface area contributed by atoms with E-state index in [4.69, 9.17) is 4.74 Å². The van der Waals surface area contributed by atoms with Crippen LogP contribution in [-0.2, 0) is 4.74 Å². The van der Waals surface area contributed by atoms with Gasteiger partial charge in [0.1, 0.15) is 6.17 Å². The van der Waals surface area contributed by atoms with E-state index in [1.807, 2.05) is 0 Å². The first kappa shape index (κ1) is 7.99. The second-order valence-corrected chi connectivity index (χ2v) is 3.22. The Balaban J connectivity index is 2.32. The molecule has 3 atom stereocenters. The maximum atomic E-state index is 12.6. The molecule has 10 heavy (non-hydrogen) atoms. The molecule has 1 fully saturated rings. The zero-order valence-electron chi connectivity index (χ0n) is 6.64. The summed E-state index contributed by atoms with van der Waals surface area (Å²) < 4.78 is 17.9. The first-order valence-corrected chi connectivity index (χ1v) is 3.96. The number of ether oxygens (including phenoxy) is 1. The highest BCUT2D eigenvalue weighted by atomic mass is 19.1. The molecule has 0 bridgehead atoms. The molecule has 0 aromatic heterocycles. The number of rotatable bonds is 1. The van der Waals surface area contributed by atoms with E-state index in [1.165, 1.54) is 0 Å². The van der Waals surface area contributed by atoms with E-state index >= 15 is 0 Å². The molecule has 0 N–H and O–H groups in total. The Kier molecular flexibility index (Phi) is 2.66. The smallest absolute Gasteiger partial charge is 0.123 e. The van der Waals surface area contributed by atoms with Crippen LogP contribution in [0.2, 0.25) is 0 Å². The van der Waals surface area contributed by atoms with Crippen LogP contribution in [0.4, 0.5) is 4.39 Å². The van der Waals surface area contributed by atoms with Crippen LogP contribution in [-0.4, -0.2) is 18.9 Å². The Labute approximate surface area is 61.6 Å². The third kappa shape index (κ3) is 1.94. The Bertz CT molecular complexity index is 103. The van der Waals surface area contributed by atoms with Crippen LogP contribution in [0.15, 0.2) is 0 Å². The lowest BCUT2D eigenvalue weighted by molar-refractivity contribution is -0.0435. The molecule has 0 saturated carbocycles. The highest BCUT2D eigenvalue weighted by molar-refractivity contribution is 4.72. The van der Waals surface area contributed by atoms with Crippen molar-refractivity contribution in [1.29, 1.82) is 0 Å². The molecule has 0 aliphatic carbocycles. The van der Waals surface area contributed by atoms with Crippen LogP contribution in [0, 0.1) is 5.92 Å². The SMILES string of the molecule is C[C@@H]1CCO[C@H]([C@@H](C)F)C1. The fourth-order valence-corrected chi connectivity index (χ4v) is 1.32. The summed E-state index contributed by atoms with van der Waals surface area (Å²) in [5.74, 6) is 0.636. The van der Waals surface area contributed by atoms with Gasteiger partial charge in [0.25, 0.3) is 0 Å². The molecule has 1 nitrogen and oxygen atoms in total. The van der Waals surface area contributed by atoms with Gasteiger partial charge < -0.3 is 4.74 Å². The van der Waals surface area contributed by atoms with Crippen molar-refractivity contribution in [3.8, 4) is 0 Å². The van der Waals surface area contributed by atoms with Crippen molar-refractivity contribution in [3.05, 3.63) is 0 Å². The molecule has 0 aromatic rings. The predicted octanol–water partition coefficient (Wildman–Crippen LogP) is 2.16. The van der Waals surface area contributed by atoms with E-state index in [0.29, 0.717) is 5.92 Å². The first-order valence-electron chi connectivity index (χ1n) is 3.96. The second-order valence-electron chi connectivity index (χ2n) is 3.22. The molecule has 0 spiro atoms. The van der Waals surface area contributed by atoms with E-state index in [9.17, 15) is 4.39 Å². The molecule has 60 valence electrons. The van der Waals surface area contributed by atoms with E-state index in [1.54, 1.807) is 6.92 Å². The van der Waals surface area contributed by atoms with Crippen molar-refractivity contribution in [2.24, 2.45) is 5.92 Å². The second kappa shape index (κ2) is 3.33. The largest absolute Gasteiger partial charge is 0.375 e. The highest BCUT2D eigenvalue weighted by Gasteiger charge is 2.23. The summed E-state index contributed by atoms with van der Waals surface area (Å²) in [6.07, 6.45) is 1.03. The molecule has 1 rings (SSSR count). The lowest BCUT2D eigenvalue weighted by Gasteiger charge is -2.27. The molecular weight excluding hydrogens is 131 g/mol. The third-order valence-corrected chi connectivity index (χ3v) is 2.09. The van der Waals surface area contributed by atoms with Gasteiger partial charge in [-0.2, -0.15) is 0 Å². The molecule has 0 amide bonds. The van der Waals surface area contributed by atoms with Crippen LogP contribution in [0.1, 0.15) is 26.7 Å². The average molecular weight is 146 g/mol. The van der Waals surface area contributed by atoms with E-state index in [0.717, 1.165) is 19.4 Å². The number of alkyl halides is 1. The van der Waals surface area contributed by atoms with Crippen molar-refractivity contribution in [2.45, 2.75) is 39.0 Å². The predicted molar refractivity (Wildman–Crippen MR) is 38.7 cm³/mol. The van der Waals surface area contributed by atoms with Crippen molar-refractivity contribution in [1.82, 2.24) is 0 Å². The quantitative estimate of drug-likeness (QED) is 0.550. The monoisotopic (exact) mass is 146 g/mol. The van der Waals surface area contributed by atoms with Gasteiger partial charge in [0, 0.05) is 6.61 Å². The summed E-state index contributed by atoms with van der Waals surface area (Å²) in [6.45, 7) is 4.46. The zero-order valence-corrected chi connectivity index (χ0v) is 6.64. The molecule has 1 aliphatic heterocycles. The van der Waals surface area contributed by atoms with E-state index in [-0.39, 0.29) is 6.10 Å². The van der Waals surface area contributed by atoms with Gasteiger partial charge in [0.2, 0.25) is 0 Å². The van der Waals surface area contributed by atoms with Crippen LogP contribution < -0.4 is 0 Å². The molecule has 0 aromatic carbocycles. The maximum absolute atomic E-state index is 12.6. The molecular formula is C8H15FO. The molecule has 1 saturated heterocycles. The molecule has 1 aliphatic rings. The number of hydrogen-bond donors (Lipinski definition) is 0. The number of hydrogen-bond acceptors (Lipinski definition) is 1. The molecule has 2 heteroatoms. The molecule has 0 unspecified atom stereocenters. The van der Waals surface area contributed by atoms with Crippen molar-refractivity contribution < 1.29 is 9.13 Å². The van der Waals surface area contributed by atoms with E-state index in [2.05, 4.69) is 6.92 Å². The van der Waals surface area contributed by atoms with Gasteiger partial charge in [-0.05, 0) is 25.7 Å². The third-order valence-electron chi connectivity index (χ3n) is 2.09. The summed E-state index contributed by atoms with van der Waals surface area (Å²) in [6, 6.07) is 0. The normalized spacial score (nSPS) is 37.5. The maximum Gasteiger partial charge on any atom is 0.123 e. The summed E-state index contributed by atoms with van der Waals surface area (Å²) in [4.78, 5) is 0. The van der Waals surface area contributed by atoms with Gasteiger partial charge in [0.05, 0.1) is 6.10 Å². The topological polar surface area (TPSA) is 9.23 Å². The average Bonchev–Trinajstić information content (AvgIpc) is 1.88. The van der Waals surface area contributed by atoms with Crippen LogP contribution in [0.25, 0.3) is 0 Å². The van der Waals surface area contributed by atoms with E-state index < -0.39 is 6.17 Å². The van der Waals surface area contributed by atoms with Gasteiger partial charge in [0.15, 0.2) is 0 Å². The zero-order chi connectivity index (χ0) is 7.56. The number of halogens is 1. The lowest BCUT2D eigenvalue weighted by atomic mass is 9.96.